The van der Waals surface area contributed by atoms with E-state index in [0.717, 1.165) is 9.13 Å². The Morgan fingerprint density at radius 2 is 1.71 bits per heavy atom. The molecule has 0 bridgehead atoms. The zero-order valence-electron chi connectivity index (χ0n) is 13.2. The summed E-state index contributed by atoms with van der Waals surface area (Å²) < 4.78 is 28.6. The third-order valence-corrected chi connectivity index (χ3v) is 5.58. The zero-order valence-corrected chi connectivity index (χ0v) is 16.2. The average Bonchev–Trinajstić information content (AvgIpc) is 2.55. The molecule has 1 amide bonds. The number of halogens is 1. The molecule has 0 heterocycles. The van der Waals surface area contributed by atoms with Crippen molar-refractivity contribution in [2.75, 3.05) is 6.54 Å². The predicted molar refractivity (Wildman–Crippen MR) is 102 cm³/mol. The highest BCUT2D eigenvalue weighted by atomic mass is 127. The summed E-state index contributed by atoms with van der Waals surface area (Å²) in [6, 6.07) is 15.0. The summed E-state index contributed by atoms with van der Waals surface area (Å²) in [7, 11) is -3.77. The van der Waals surface area contributed by atoms with E-state index in [-0.39, 0.29) is 17.2 Å². The van der Waals surface area contributed by atoms with Crippen LogP contribution in [0.5, 0.6) is 0 Å². The predicted octanol–water partition coefficient (Wildman–Crippen LogP) is 2.32. The largest absolute Gasteiger partial charge is 0.355 e. The van der Waals surface area contributed by atoms with Gasteiger partial charge in [-0.15, -0.1) is 0 Å². The molecule has 1 atom stereocenters. The van der Waals surface area contributed by atoms with Crippen molar-refractivity contribution in [2.24, 2.45) is 0 Å². The van der Waals surface area contributed by atoms with Crippen molar-refractivity contribution in [1.82, 2.24) is 10.0 Å². The Morgan fingerprint density at radius 3 is 2.29 bits per heavy atom. The summed E-state index contributed by atoms with van der Waals surface area (Å²) in [5.74, 6) is -0.338. The first kappa shape index (κ1) is 18.9. The lowest BCUT2D eigenvalue weighted by molar-refractivity contribution is -0.122. The molecule has 2 N–H and O–H groups in total. The van der Waals surface area contributed by atoms with Gasteiger partial charge < -0.3 is 5.32 Å². The van der Waals surface area contributed by atoms with Gasteiger partial charge in [0.05, 0.1) is 4.90 Å². The van der Waals surface area contributed by atoms with Crippen molar-refractivity contribution in [1.29, 1.82) is 0 Å². The Labute approximate surface area is 156 Å². The number of sulfonamides is 1. The lowest BCUT2D eigenvalue weighted by Crippen LogP contribution is -2.47. The van der Waals surface area contributed by atoms with Crippen LogP contribution in [0.3, 0.4) is 0 Å². The van der Waals surface area contributed by atoms with Gasteiger partial charge >= 0.3 is 0 Å². The first-order valence-corrected chi connectivity index (χ1v) is 10.1. The average molecular weight is 458 g/mol. The number of benzene rings is 2. The molecule has 0 saturated heterocycles. The Balaban J connectivity index is 2.23. The van der Waals surface area contributed by atoms with Crippen LogP contribution in [0.4, 0.5) is 0 Å². The Morgan fingerprint density at radius 1 is 1.08 bits per heavy atom. The highest BCUT2D eigenvalue weighted by molar-refractivity contribution is 14.1. The minimum absolute atomic E-state index is 0.144. The van der Waals surface area contributed by atoms with Crippen LogP contribution in [0.1, 0.15) is 12.5 Å². The second kappa shape index (κ2) is 8.59. The van der Waals surface area contributed by atoms with Gasteiger partial charge in [-0.25, -0.2) is 8.42 Å². The number of hydrogen-bond donors (Lipinski definition) is 2. The van der Waals surface area contributed by atoms with Gasteiger partial charge in [-0.1, -0.05) is 30.3 Å². The van der Waals surface area contributed by atoms with Crippen molar-refractivity contribution in [3.8, 4) is 0 Å². The zero-order chi connectivity index (χ0) is 17.6. The molecule has 2 aromatic rings. The monoisotopic (exact) mass is 458 g/mol. The van der Waals surface area contributed by atoms with Crippen LogP contribution in [0.25, 0.3) is 0 Å². The van der Waals surface area contributed by atoms with Gasteiger partial charge in [0.25, 0.3) is 0 Å². The van der Waals surface area contributed by atoms with Crippen molar-refractivity contribution < 1.29 is 13.2 Å². The number of nitrogens with one attached hydrogen (secondary N) is 2. The van der Waals surface area contributed by atoms with Crippen LogP contribution in [0.15, 0.2) is 59.5 Å². The van der Waals surface area contributed by atoms with E-state index in [0.29, 0.717) is 6.54 Å². The molecule has 5 nitrogen and oxygen atoms in total. The standard InChI is InChI=1S/C17H19IN2O3S/c1-2-19-17(21)16(12-13-6-4-3-5-7-13)20-24(22,23)15-10-8-14(18)9-11-15/h3-11,16,20H,2,12H2,1H3,(H,19,21)/t16-/m1/s1. The quantitative estimate of drug-likeness (QED) is 0.626. The third-order valence-electron chi connectivity index (χ3n) is 3.37. The molecule has 0 aliphatic carbocycles. The van der Waals surface area contributed by atoms with Gasteiger partial charge in [0.2, 0.25) is 15.9 Å². The number of likely N-dealkylation sites (N-methyl/N-ethyl adjacent to an activating group) is 1. The fourth-order valence-corrected chi connectivity index (χ4v) is 3.76. The van der Waals surface area contributed by atoms with E-state index in [1.807, 2.05) is 30.3 Å². The fraction of sp³-hybridized carbons (Fsp3) is 0.235. The number of carbonyl (C=O) groups is 1. The molecule has 0 fully saturated rings. The molecule has 2 rings (SSSR count). The number of amides is 1. The summed E-state index contributed by atoms with van der Waals surface area (Å²) in [4.78, 5) is 12.4. The second-order valence-electron chi connectivity index (χ2n) is 5.21. The summed E-state index contributed by atoms with van der Waals surface area (Å²) in [5.41, 5.74) is 0.888. The molecule has 0 saturated carbocycles. The molecule has 0 aliphatic heterocycles. The van der Waals surface area contributed by atoms with Crippen LogP contribution in [0.2, 0.25) is 0 Å². The van der Waals surface area contributed by atoms with Gasteiger partial charge in [0.15, 0.2) is 0 Å². The maximum absolute atomic E-state index is 12.6. The van der Waals surface area contributed by atoms with Crippen LogP contribution in [0, 0.1) is 3.57 Å². The van der Waals surface area contributed by atoms with Crippen molar-refractivity contribution >= 4 is 38.5 Å². The van der Waals surface area contributed by atoms with Crippen LogP contribution < -0.4 is 10.0 Å². The van der Waals surface area contributed by atoms with Gasteiger partial charge in [0, 0.05) is 10.1 Å². The normalized spacial score (nSPS) is 12.6. The minimum Gasteiger partial charge on any atom is -0.355 e. The highest BCUT2D eigenvalue weighted by Gasteiger charge is 2.25. The van der Waals surface area contributed by atoms with E-state index >= 15 is 0 Å². The van der Waals surface area contributed by atoms with Crippen LogP contribution in [-0.4, -0.2) is 26.9 Å². The fourth-order valence-electron chi connectivity index (χ4n) is 2.20. The molecule has 128 valence electrons. The second-order valence-corrected chi connectivity index (χ2v) is 8.17. The maximum atomic E-state index is 12.6. The molecule has 7 heteroatoms. The third kappa shape index (κ3) is 5.29. The van der Waals surface area contributed by atoms with E-state index in [9.17, 15) is 13.2 Å². The molecule has 0 aromatic heterocycles. The molecule has 24 heavy (non-hydrogen) atoms. The van der Waals surface area contributed by atoms with Crippen molar-refractivity contribution in [3.05, 3.63) is 63.7 Å². The Hall–Kier alpha value is -1.45. The van der Waals surface area contributed by atoms with E-state index in [4.69, 9.17) is 0 Å². The molecule has 0 spiro atoms. The van der Waals surface area contributed by atoms with E-state index in [1.165, 1.54) is 12.1 Å². The maximum Gasteiger partial charge on any atom is 0.241 e. The smallest absolute Gasteiger partial charge is 0.241 e. The molecule has 0 aliphatic rings. The van der Waals surface area contributed by atoms with Gasteiger partial charge in [-0.2, -0.15) is 4.72 Å². The molecule has 0 unspecified atom stereocenters. The minimum atomic E-state index is -3.77. The van der Waals surface area contributed by atoms with Crippen LogP contribution in [-0.2, 0) is 21.2 Å². The summed E-state index contributed by atoms with van der Waals surface area (Å²) in [6.07, 6.45) is 0.288. The number of carbonyl (C=O) groups excluding carboxylic acids is 1. The van der Waals surface area contributed by atoms with E-state index in [2.05, 4.69) is 32.6 Å². The van der Waals surface area contributed by atoms with Crippen LogP contribution >= 0.6 is 22.6 Å². The number of hydrogen-bond acceptors (Lipinski definition) is 3. The van der Waals surface area contributed by atoms with Gasteiger partial charge in [-0.05, 0) is 65.8 Å². The summed E-state index contributed by atoms with van der Waals surface area (Å²) >= 11 is 2.11. The SMILES string of the molecule is CCNC(=O)[C@@H](Cc1ccccc1)NS(=O)(=O)c1ccc(I)cc1. The molecular formula is C17H19IN2O3S. The van der Waals surface area contributed by atoms with Gasteiger partial charge in [0.1, 0.15) is 6.04 Å². The van der Waals surface area contributed by atoms with E-state index < -0.39 is 16.1 Å². The Bertz CT molecular complexity index is 777. The highest BCUT2D eigenvalue weighted by Crippen LogP contribution is 2.13. The topological polar surface area (TPSA) is 75.3 Å². The molecule has 0 radical (unpaired) electrons. The molecular weight excluding hydrogens is 439 g/mol. The van der Waals surface area contributed by atoms with Crippen molar-refractivity contribution in [3.63, 3.8) is 0 Å². The first-order chi connectivity index (χ1) is 11.4. The summed E-state index contributed by atoms with van der Waals surface area (Å²) in [6.45, 7) is 2.24. The van der Waals surface area contributed by atoms with E-state index in [1.54, 1.807) is 19.1 Å². The number of rotatable bonds is 7. The van der Waals surface area contributed by atoms with Gasteiger partial charge in [-0.3, -0.25) is 4.79 Å². The lowest BCUT2D eigenvalue weighted by Gasteiger charge is -2.18. The lowest BCUT2D eigenvalue weighted by atomic mass is 10.1. The molecule has 2 aromatic carbocycles. The first-order valence-electron chi connectivity index (χ1n) is 7.52. The van der Waals surface area contributed by atoms with Crippen molar-refractivity contribution in [2.45, 2.75) is 24.3 Å². The summed E-state index contributed by atoms with van der Waals surface area (Å²) in [5, 5.41) is 2.68. The Kier molecular flexibility index (Phi) is 6.76.